The van der Waals surface area contributed by atoms with E-state index >= 15 is 0 Å². The van der Waals surface area contributed by atoms with Gasteiger partial charge in [0, 0.05) is 16.7 Å². The Morgan fingerprint density at radius 3 is 1.50 bits per heavy atom. The third-order valence-corrected chi connectivity index (χ3v) is 10.3. The largest absolute Gasteiger partial charge is 0.208 e. The molecule has 1 aromatic heterocycles. The second-order valence-corrected chi connectivity index (χ2v) is 13.4. The van der Waals surface area contributed by atoms with Crippen LogP contribution in [0, 0.1) is 0 Å². The second kappa shape index (κ2) is 14.6. The lowest BCUT2D eigenvalue weighted by Crippen LogP contribution is -2.18. The average molecular weight is 694 g/mol. The fraction of sp³-hybridized carbons (Fsp3) is 0.0392. The van der Waals surface area contributed by atoms with E-state index in [1.54, 1.807) is 0 Å². The quantitative estimate of drug-likeness (QED) is 0.141. The van der Waals surface area contributed by atoms with Gasteiger partial charge in [0.05, 0.1) is 5.41 Å². The molecule has 258 valence electrons. The number of fused-ring (bicyclic) bond motifs is 1. The van der Waals surface area contributed by atoms with E-state index in [4.69, 9.17) is 15.0 Å². The van der Waals surface area contributed by atoms with Crippen LogP contribution >= 0.6 is 0 Å². The molecule has 6 aromatic carbocycles. The Morgan fingerprint density at radius 2 is 0.944 bits per heavy atom. The number of hydrogen-bond acceptors (Lipinski definition) is 3. The summed E-state index contributed by atoms with van der Waals surface area (Å²) >= 11 is 0. The molecule has 0 fully saturated rings. The number of rotatable bonds is 9. The average Bonchev–Trinajstić information content (AvgIpc) is 3.53. The summed E-state index contributed by atoms with van der Waals surface area (Å²) < 4.78 is 0. The van der Waals surface area contributed by atoms with Gasteiger partial charge < -0.3 is 0 Å². The van der Waals surface area contributed by atoms with Crippen molar-refractivity contribution in [2.75, 3.05) is 0 Å². The van der Waals surface area contributed by atoms with E-state index in [9.17, 15) is 0 Å². The van der Waals surface area contributed by atoms with Crippen LogP contribution in [-0.2, 0) is 5.41 Å². The molecule has 0 atom stereocenters. The van der Waals surface area contributed by atoms with E-state index in [-0.39, 0.29) is 0 Å². The fourth-order valence-electron chi connectivity index (χ4n) is 7.66. The molecule has 7 aromatic rings. The molecule has 3 nitrogen and oxygen atoms in total. The van der Waals surface area contributed by atoms with Crippen molar-refractivity contribution in [3.05, 3.63) is 224 Å². The molecule has 1 aliphatic carbocycles. The fourth-order valence-corrected chi connectivity index (χ4v) is 7.66. The first kappa shape index (κ1) is 34.1. The highest BCUT2D eigenvalue weighted by atomic mass is 15.0. The molecule has 0 amide bonds. The first-order chi connectivity index (χ1) is 26.5. The maximum atomic E-state index is 5.24. The van der Waals surface area contributed by atoms with Crippen molar-refractivity contribution in [2.24, 2.45) is 0 Å². The molecule has 0 aliphatic heterocycles. The van der Waals surface area contributed by atoms with Crippen molar-refractivity contribution in [3.8, 4) is 56.4 Å². The van der Waals surface area contributed by atoms with Gasteiger partial charge in [-0.2, -0.15) is 0 Å². The maximum Gasteiger partial charge on any atom is 0.164 e. The van der Waals surface area contributed by atoms with Gasteiger partial charge in [-0.25, -0.2) is 15.0 Å². The van der Waals surface area contributed by atoms with Gasteiger partial charge in [0.1, 0.15) is 0 Å². The van der Waals surface area contributed by atoms with Crippen molar-refractivity contribution < 1.29 is 0 Å². The molecule has 3 heteroatoms. The molecule has 8 rings (SSSR count). The third kappa shape index (κ3) is 6.06. The van der Waals surface area contributed by atoms with Crippen LogP contribution in [0.4, 0.5) is 0 Å². The van der Waals surface area contributed by atoms with Crippen molar-refractivity contribution in [3.63, 3.8) is 0 Å². The Bertz CT molecular complexity index is 2500. The smallest absolute Gasteiger partial charge is 0.164 e. The van der Waals surface area contributed by atoms with Gasteiger partial charge in [-0.3, -0.25) is 0 Å². The highest BCUT2D eigenvalue weighted by Crippen LogP contribution is 2.54. The first-order valence-electron chi connectivity index (χ1n) is 18.1. The van der Waals surface area contributed by atoms with Crippen molar-refractivity contribution in [1.29, 1.82) is 0 Å². The Morgan fingerprint density at radius 1 is 0.481 bits per heavy atom. The molecule has 1 aliphatic rings. The number of hydrogen-bond donors (Lipinski definition) is 0. The van der Waals surface area contributed by atoms with Crippen molar-refractivity contribution in [1.82, 2.24) is 15.0 Å². The van der Waals surface area contributed by atoms with E-state index < -0.39 is 5.41 Å². The molecule has 0 bridgehead atoms. The Kier molecular flexibility index (Phi) is 9.21. The van der Waals surface area contributed by atoms with Gasteiger partial charge in [-0.05, 0) is 74.7 Å². The number of benzene rings is 6. The molecule has 0 spiro atoms. The molecule has 0 unspecified atom stereocenters. The summed E-state index contributed by atoms with van der Waals surface area (Å²) in [6.45, 7) is 14.8. The summed E-state index contributed by atoms with van der Waals surface area (Å²) in [4.78, 5) is 15.6. The summed E-state index contributed by atoms with van der Waals surface area (Å²) in [6, 6.07) is 54.5. The van der Waals surface area contributed by atoms with E-state index in [1.165, 1.54) is 0 Å². The van der Waals surface area contributed by atoms with Gasteiger partial charge in [-0.1, -0.05) is 176 Å². The van der Waals surface area contributed by atoms with Gasteiger partial charge in [0.25, 0.3) is 0 Å². The SMILES string of the molecule is C=CC=C1/C(=C(\C)c2ccccc2-c2nc(-c3cccc(-c4ccccc4)c3)nc(-c3cccc(-c4ccccc4)c3)n2)c2ccccc2C1(C=C)C=C. The van der Waals surface area contributed by atoms with E-state index in [2.05, 4.69) is 172 Å². The lowest BCUT2D eigenvalue weighted by atomic mass is 9.77. The van der Waals surface area contributed by atoms with Crippen LogP contribution in [0.2, 0.25) is 0 Å². The Balaban J connectivity index is 1.35. The van der Waals surface area contributed by atoms with Crippen LogP contribution in [-0.4, -0.2) is 15.0 Å². The Labute approximate surface area is 317 Å². The van der Waals surface area contributed by atoms with Crippen LogP contribution in [0.25, 0.3) is 67.6 Å². The normalized spacial score (nSPS) is 14.6. The minimum atomic E-state index is -0.558. The zero-order valence-electron chi connectivity index (χ0n) is 30.3. The summed E-state index contributed by atoms with van der Waals surface area (Å²) in [5, 5.41) is 0. The standard InChI is InChI=1S/C51H39N3/c1-5-20-46-47(44-31-16-17-32-45(44)51(46,6-2)7-3)35(4)42-29-14-15-30-43(42)50-53-48(40-27-18-25-38(33-40)36-21-10-8-11-22-36)52-49(54-50)41-28-19-26-39(34-41)37-23-12-9-13-24-37/h5-34H,1-3H2,4H3/b46-20?,47-35+. The zero-order valence-corrected chi connectivity index (χ0v) is 30.3. The maximum absolute atomic E-state index is 5.24. The number of nitrogens with zero attached hydrogens (tertiary/aromatic N) is 3. The molecule has 0 saturated carbocycles. The molecular weight excluding hydrogens is 655 g/mol. The van der Waals surface area contributed by atoms with Crippen LogP contribution < -0.4 is 0 Å². The minimum absolute atomic E-state index is 0.558. The van der Waals surface area contributed by atoms with E-state index in [0.717, 1.165) is 72.4 Å². The van der Waals surface area contributed by atoms with Crippen molar-refractivity contribution >= 4 is 11.1 Å². The summed E-state index contributed by atoms with van der Waals surface area (Å²) in [5.41, 5.74) is 13.3. The highest BCUT2D eigenvalue weighted by molar-refractivity contribution is 6.06. The highest BCUT2D eigenvalue weighted by Gasteiger charge is 2.41. The molecule has 54 heavy (non-hydrogen) atoms. The van der Waals surface area contributed by atoms with Crippen LogP contribution in [0.15, 0.2) is 207 Å². The predicted octanol–water partition coefficient (Wildman–Crippen LogP) is 12.9. The summed E-state index contributed by atoms with van der Waals surface area (Å²) in [7, 11) is 0. The predicted molar refractivity (Wildman–Crippen MR) is 226 cm³/mol. The monoisotopic (exact) mass is 693 g/mol. The van der Waals surface area contributed by atoms with Gasteiger partial charge in [0.2, 0.25) is 0 Å². The molecular formula is C51H39N3. The van der Waals surface area contributed by atoms with Crippen molar-refractivity contribution in [2.45, 2.75) is 12.3 Å². The number of allylic oxidation sites excluding steroid dienone is 7. The zero-order chi connectivity index (χ0) is 37.1. The van der Waals surface area contributed by atoms with Crippen LogP contribution in [0.1, 0.15) is 23.6 Å². The van der Waals surface area contributed by atoms with Gasteiger partial charge in [0.15, 0.2) is 17.5 Å². The lowest BCUT2D eigenvalue weighted by molar-refractivity contribution is 0.851. The molecule has 1 heterocycles. The molecule has 0 N–H and O–H groups in total. The number of aromatic nitrogens is 3. The second-order valence-electron chi connectivity index (χ2n) is 13.4. The molecule has 0 saturated heterocycles. The lowest BCUT2D eigenvalue weighted by Gasteiger charge is -2.25. The summed E-state index contributed by atoms with van der Waals surface area (Å²) in [6.07, 6.45) is 7.90. The van der Waals surface area contributed by atoms with Crippen LogP contribution in [0.3, 0.4) is 0 Å². The van der Waals surface area contributed by atoms with Gasteiger partial charge in [-0.15, -0.1) is 13.2 Å². The van der Waals surface area contributed by atoms with E-state index in [0.29, 0.717) is 17.5 Å². The summed E-state index contributed by atoms with van der Waals surface area (Å²) in [5.74, 6) is 1.81. The van der Waals surface area contributed by atoms with Crippen LogP contribution in [0.5, 0.6) is 0 Å². The Hall–Kier alpha value is -6.97. The van der Waals surface area contributed by atoms with Gasteiger partial charge >= 0.3 is 0 Å². The minimum Gasteiger partial charge on any atom is -0.208 e. The van der Waals surface area contributed by atoms with E-state index in [1.807, 2.05) is 36.4 Å². The topological polar surface area (TPSA) is 38.7 Å². The first-order valence-corrected chi connectivity index (χ1v) is 18.1. The third-order valence-electron chi connectivity index (χ3n) is 10.3. The molecule has 0 radical (unpaired) electrons.